The van der Waals surface area contributed by atoms with Crippen molar-refractivity contribution in [3.63, 3.8) is 0 Å². The highest BCUT2D eigenvalue weighted by atomic mass is 15.1. The highest BCUT2D eigenvalue weighted by molar-refractivity contribution is 5.48. The normalized spacial score (nSPS) is 18.3. The summed E-state index contributed by atoms with van der Waals surface area (Å²) in [5, 5.41) is 0. The molecule has 0 unspecified atom stereocenters. The lowest BCUT2D eigenvalue weighted by Gasteiger charge is -2.09. The zero-order valence-corrected chi connectivity index (χ0v) is 9.12. The SMILES string of the molecule is Cc1ccn2c(C3(N)CC3)c(C)nc2c1. The van der Waals surface area contributed by atoms with Gasteiger partial charge in [-0.05, 0) is 44.4 Å². The Morgan fingerprint density at radius 2 is 2.13 bits per heavy atom. The van der Waals surface area contributed by atoms with E-state index in [1.54, 1.807) is 0 Å². The molecular formula is C12H15N3. The van der Waals surface area contributed by atoms with Crippen LogP contribution in [0.2, 0.25) is 0 Å². The second-order valence-corrected chi connectivity index (χ2v) is 4.63. The summed E-state index contributed by atoms with van der Waals surface area (Å²) in [6.45, 7) is 4.13. The molecule has 0 bridgehead atoms. The molecule has 0 amide bonds. The molecule has 0 aliphatic heterocycles. The molecule has 3 heteroatoms. The number of nitrogens with zero attached hydrogens (tertiary/aromatic N) is 2. The first-order chi connectivity index (χ1) is 7.10. The van der Waals surface area contributed by atoms with Crippen LogP contribution in [0, 0.1) is 13.8 Å². The minimum atomic E-state index is -0.112. The summed E-state index contributed by atoms with van der Waals surface area (Å²) in [7, 11) is 0. The molecule has 0 radical (unpaired) electrons. The minimum Gasteiger partial charge on any atom is -0.320 e. The molecule has 78 valence electrons. The molecule has 1 saturated carbocycles. The van der Waals surface area contributed by atoms with Crippen molar-refractivity contribution in [1.82, 2.24) is 9.38 Å². The van der Waals surface area contributed by atoms with Crippen LogP contribution in [0.3, 0.4) is 0 Å². The monoisotopic (exact) mass is 201 g/mol. The number of fused-ring (bicyclic) bond motifs is 1. The van der Waals surface area contributed by atoms with Gasteiger partial charge in [-0.3, -0.25) is 0 Å². The summed E-state index contributed by atoms with van der Waals surface area (Å²) < 4.78 is 2.13. The van der Waals surface area contributed by atoms with Gasteiger partial charge in [-0.1, -0.05) is 0 Å². The number of pyridine rings is 1. The van der Waals surface area contributed by atoms with Gasteiger partial charge in [0.2, 0.25) is 0 Å². The summed E-state index contributed by atoms with van der Waals surface area (Å²) in [6.07, 6.45) is 4.23. The third kappa shape index (κ3) is 1.20. The number of aromatic nitrogens is 2. The van der Waals surface area contributed by atoms with E-state index < -0.39 is 0 Å². The topological polar surface area (TPSA) is 43.3 Å². The smallest absolute Gasteiger partial charge is 0.137 e. The third-order valence-electron chi connectivity index (χ3n) is 3.22. The molecule has 3 rings (SSSR count). The van der Waals surface area contributed by atoms with Gasteiger partial charge >= 0.3 is 0 Å². The lowest BCUT2D eigenvalue weighted by atomic mass is 10.1. The van der Waals surface area contributed by atoms with Crippen LogP contribution < -0.4 is 5.73 Å². The third-order valence-corrected chi connectivity index (χ3v) is 3.22. The average Bonchev–Trinajstić information content (AvgIpc) is 2.79. The second kappa shape index (κ2) is 2.61. The van der Waals surface area contributed by atoms with Crippen LogP contribution in [0.4, 0.5) is 0 Å². The molecule has 2 heterocycles. The van der Waals surface area contributed by atoms with E-state index >= 15 is 0 Å². The lowest BCUT2D eigenvalue weighted by Crippen LogP contribution is -2.22. The van der Waals surface area contributed by atoms with Crippen LogP contribution in [0.25, 0.3) is 5.65 Å². The van der Waals surface area contributed by atoms with Crippen LogP contribution in [0.5, 0.6) is 0 Å². The first-order valence-electron chi connectivity index (χ1n) is 5.35. The van der Waals surface area contributed by atoms with Crippen molar-refractivity contribution in [2.24, 2.45) is 5.73 Å². The molecule has 2 aromatic rings. The maximum atomic E-state index is 6.26. The van der Waals surface area contributed by atoms with Crippen molar-refractivity contribution in [2.45, 2.75) is 32.2 Å². The van der Waals surface area contributed by atoms with Gasteiger partial charge in [-0.15, -0.1) is 0 Å². The standard InChI is InChI=1S/C12H15N3/c1-8-3-6-15-10(7-8)14-9(2)11(15)12(13)4-5-12/h3,6-7H,4-5,13H2,1-2H3. The van der Waals surface area contributed by atoms with Gasteiger partial charge < -0.3 is 10.1 Å². The summed E-state index contributed by atoms with van der Waals surface area (Å²) in [5.41, 5.74) is 10.7. The van der Waals surface area contributed by atoms with Crippen LogP contribution in [-0.4, -0.2) is 9.38 Å². The molecule has 1 aliphatic carbocycles. The fourth-order valence-electron chi connectivity index (χ4n) is 2.24. The molecule has 15 heavy (non-hydrogen) atoms. The summed E-state index contributed by atoms with van der Waals surface area (Å²) >= 11 is 0. The Bertz CT molecular complexity index is 535. The molecule has 0 spiro atoms. The van der Waals surface area contributed by atoms with Crippen molar-refractivity contribution >= 4 is 5.65 Å². The summed E-state index contributed by atoms with van der Waals surface area (Å²) in [5.74, 6) is 0. The highest BCUT2D eigenvalue weighted by Crippen LogP contribution is 2.44. The fraction of sp³-hybridized carbons (Fsp3) is 0.417. The molecule has 3 nitrogen and oxygen atoms in total. The van der Waals surface area contributed by atoms with E-state index in [1.165, 1.54) is 11.3 Å². The predicted octanol–water partition coefficient (Wildman–Crippen LogP) is 1.90. The maximum Gasteiger partial charge on any atom is 0.137 e. The summed E-state index contributed by atoms with van der Waals surface area (Å²) in [4.78, 5) is 4.56. The van der Waals surface area contributed by atoms with Crippen molar-refractivity contribution in [1.29, 1.82) is 0 Å². The van der Waals surface area contributed by atoms with E-state index in [2.05, 4.69) is 34.6 Å². The quantitative estimate of drug-likeness (QED) is 0.765. The van der Waals surface area contributed by atoms with E-state index in [4.69, 9.17) is 5.73 Å². The Morgan fingerprint density at radius 3 is 2.80 bits per heavy atom. The van der Waals surface area contributed by atoms with Crippen LogP contribution in [0.15, 0.2) is 18.3 Å². The largest absolute Gasteiger partial charge is 0.320 e. The van der Waals surface area contributed by atoms with E-state index in [9.17, 15) is 0 Å². The lowest BCUT2D eigenvalue weighted by molar-refractivity contribution is 0.691. The van der Waals surface area contributed by atoms with E-state index in [1.807, 2.05) is 6.92 Å². The van der Waals surface area contributed by atoms with Crippen LogP contribution in [0.1, 0.15) is 29.8 Å². The number of hydrogen-bond acceptors (Lipinski definition) is 2. The number of imidazole rings is 1. The number of aryl methyl sites for hydroxylation is 2. The molecule has 1 fully saturated rings. The summed E-state index contributed by atoms with van der Waals surface area (Å²) in [6, 6.07) is 4.20. The molecule has 0 aromatic carbocycles. The fourth-order valence-corrected chi connectivity index (χ4v) is 2.24. The highest BCUT2D eigenvalue weighted by Gasteiger charge is 2.43. The van der Waals surface area contributed by atoms with Crippen molar-refractivity contribution < 1.29 is 0 Å². The van der Waals surface area contributed by atoms with E-state index in [0.717, 1.165) is 24.2 Å². The van der Waals surface area contributed by atoms with Gasteiger partial charge in [-0.25, -0.2) is 4.98 Å². The van der Waals surface area contributed by atoms with Crippen molar-refractivity contribution in [3.05, 3.63) is 35.3 Å². The van der Waals surface area contributed by atoms with Gasteiger partial charge in [0, 0.05) is 6.20 Å². The molecule has 0 atom stereocenters. The molecular weight excluding hydrogens is 186 g/mol. The van der Waals surface area contributed by atoms with Crippen LogP contribution in [-0.2, 0) is 5.54 Å². The molecule has 1 aliphatic rings. The molecule has 2 N–H and O–H groups in total. The minimum absolute atomic E-state index is 0.112. The Balaban J connectivity index is 2.33. The average molecular weight is 201 g/mol. The first-order valence-corrected chi connectivity index (χ1v) is 5.35. The number of nitrogens with two attached hydrogens (primary N) is 1. The molecule has 2 aromatic heterocycles. The Labute approximate surface area is 88.9 Å². The number of rotatable bonds is 1. The number of hydrogen-bond donors (Lipinski definition) is 1. The van der Waals surface area contributed by atoms with Crippen molar-refractivity contribution in [2.75, 3.05) is 0 Å². The predicted molar refractivity (Wildman–Crippen MR) is 59.8 cm³/mol. The van der Waals surface area contributed by atoms with Gasteiger partial charge in [0.15, 0.2) is 0 Å². The van der Waals surface area contributed by atoms with Gasteiger partial charge in [0.25, 0.3) is 0 Å². The zero-order chi connectivity index (χ0) is 10.6. The van der Waals surface area contributed by atoms with Crippen molar-refractivity contribution in [3.8, 4) is 0 Å². The Hall–Kier alpha value is -1.35. The van der Waals surface area contributed by atoms with Gasteiger partial charge in [0.1, 0.15) is 5.65 Å². The maximum absolute atomic E-state index is 6.26. The Morgan fingerprint density at radius 1 is 1.40 bits per heavy atom. The van der Waals surface area contributed by atoms with Gasteiger partial charge in [0.05, 0.1) is 16.9 Å². The first kappa shape index (κ1) is 8.92. The van der Waals surface area contributed by atoms with Gasteiger partial charge in [-0.2, -0.15) is 0 Å². The zero-order valence-electron chi connectivity index (χ0n) is 9.12. The second-order valence-electron chi connectivity index (χ2n) is 4.63. The Kier molecular flexibility index (Phi) is 1.55. The van der Waals surface area contributed by atoms with Crippen LogP contribution >= 0.6 is 0 Å². The van der Waals surface area contributed by atoms with E-state index in [-0.39, 0.29) is 5.54 Å². The molecule has 0 saturated heterocycles. The van der Waals surface area contributed by atoms with E-state index in [0.29, 0.717) is 0 Å².